The molecule has 0 fully saturated rings. The molecule has 1 aromatic carbocycles. The third kappa shape index (κ3) is 2.29. The number of benzene rings is 1. The molecule has 0 bridgehead atoms. The molecule has 0 aliphatic heterocycles. The summed E-state index contributed by atoms with van der Waals surface area (Å²) in [4.78, 5) is 23.3. The summed E-state index contributed by atoms with van der Waals surface area (Å²) in [5.41, 5.74) is 0.802. The molecule has 0 unspecified atom stereocenters. The van der Waals surface area contributed by atoms with Gasteiger partial charge in [0.25, 0.3) is 0 Å². The minimum Gasteiger partial charge on any atom is -0.288 e. The van der Waals surface area contributed by atoms with Gasteiger partial charge in [0.2, 0.25) is 5.78 Å². The maximum absolute atomic E-state index is 11.8. The average molecular weight is 288 g/mol. The summed E-state index contributed by atoms with van der Waals surface area (Å²) in [7, 11) is 0. The van der Waals surface area contributed by atoms with Crippen molar-refractivity contribution in [2.45, 2.75) is 0 Å². The maximum atomic E-state index is 11.8. The van der Waals surface area contributed by atoms with E-state index in [2.05, 4.69) is 0 Å². The van der Waals surface area contributed by atoms with Crippen molar-refractivity contribution in [3.8, 4) is 0 Å². The number of hydrogen-bond donors (Lipinski definition) is 0. The predicted molar refractivity (Wildman–Crippen MR) is 68.2 cm³/mol. The van der Waals surface area contributed by atoms with Crippen LogP contribution in [0.15, 0.2) is 40.4 Å². The Kier molecular flexibility index (Phi) is 3.38. The second kappa shape index (κ2) is 4.65. The van der Waals surface area contributed by atoms with Crippen molar-refractivity contribution in [1.29, 1.82) is 0 Å². The molecular weight excluding hydrogens is 282 g/mol. The minimum atomic E-state index is -0.471. The van der Waals surface area contributed by atoms with E-state index in [1.165, 1.54) is 6.08 Å². The Balaban J connectivity index is 2.48. The third-order valence-electron chi connectivity index (χ3n) is 2.28. The predicted octanol–water partition coefficient (Wildman–Crippen LogP) is 3.56. The van der Waals surface area contributed by atoms with E-state index in [-0.39, 0.29) is 15.6 Å². The lowest BCUT2D eigenvalue weighted by molar-refractivity contribution is -0.113. The molecule has 0 aromatic heterocycles. The van der Waals surface area contributed by atoms with Gasteiger partial charge < -0.3 is 0 Å². The van der Waals surface area contributed by atoms with Crippen LogP contribution in [0.5, 0.6) is 0 Å². The van der Waals surface area contributed by atoms with E-state index in [1.807, 2.05) is 0 Å². The van der Waals surface area contributed by atoms with Gasteiger partial charge in [0.1, 0.15) is 10.1 Å². The van der Waals surface area contributed by atoms with E-state index in [0.717, 1.165) is 0 Å². The number of allylic oxidation sites excluding steroid dienone is 4. The Morgan fingerprint density at radius 3 is 2.00 bits per heavy atom. The highest BCUT2D eigenvalue weighted by atomic mass is 35.5. The van der Waals surface area contributed by atoms with Gasteiger partial charge in [-0.05, 0) is 23.8 Å². The van der Waals surface area contributed by atoms with Crippen molar-refractivity contribution in [3.05, 3.63) is 51.0 Å². The maximum Gasteiger partial charge on any atom is 0.206 e. The van der Waals surface area contributed by atoms with Crippen LogP contribution < -0.4 is 0 Å². The van der Waals surface area contributed by atoms with Crippen LogP contribution >= 0.6 is 34.8 Å². The molecule has 2 nitrogen and oxygen atoms in total. The van der Waals surface area contributed by atoms with Crippen LogP contribution in [0.1, 0.15) is 5.56 Å². The van der Waals surface area contributed by atoms with Crippen molar-refractivity contribution in [1.82, 2.24) is 0 Å². The van der Waals surface area contributed by atoms with E-state index in [1.54, 1.807) is 24.3 Å². The zero-order valence-electron chi connectivity index (χ0n) is 8.34. The van der Waals surface area contributed by atoms with Crippen LogP contribution in [-0.4, -0.2) is 11.6 Å². The van der Waals surface area contributed by atoms with Crippen LogP contribution in [0.25, 0.3) is 5.57 Å². The SMILES string of the molecule is O=C1C=C(c2ccc(Cl)cc2)C(=O)C(Cl)=C1Cl. The van der Waals surface area contributed by atoms with Gasteiger partial charge in [-0.25, -0.2) is 0 Å². The summed E-state index contributed by atoms with van der Waals surface area (Å²) >= 11 is 17.0. The van der Waals surface area contributed by atoms with E-state index in [4.69, 9.17) is 34.8 Å². The van der Waals surface area contributed by atoms with Gasteiger partial charge >= 0.3 is 0 Å². The lowest BCUT2D eigenvalue weighted by Crippen LogP contribution is -2.13. The molecule has 1 aliphatic rings. The molecule has 0 N–H and O–H groups in total. The summed E-state index contributed by atoms with van der Waals surface area (Å²) in [5.74, 6) is -0.931. The third-order valence-corrected chi connectivity index (χ3v) is 3.37. The Labute approximate surface area is 112 Å². The van der Waals surface area contributed by atoms with Crippen molar-refractivity contribution in [2.24, 2.45) is 0 Å². The fraction of sp³-hybridized carbons (Fsp3) is 0. The standard InChI is InChI=1S/C12H5Cl3O2/c13-7-3-1-6(2-4-7)8-5-9(16)10(14)11(15)12(8)17/h1-5H. The summed E-state index contributed by atoms with van der Waals surface area (Å²) in [6, 6.07) is 6.54. The average Bonchev–Trinajstić information content (AvgIpc) is 2.32. The van der Waals surface area contributed by atoms with Gasteiger partial charge in [-0.3, -0.25) is 9.59 Å². The molecule has 0 atom stereocenters. The van der Waals surface area contributed by atoms with Crippen LogP contribution in [-0.2, 0) is 9.59 Å². The van der Waals surface area contributed by atoms with Crippen molar-refractivity contribution in [2.75, 3.05) is 0 Å². The topological polar surface area (TPSA) is 34.1 Å². The van der Waals surface area contributed by atoms with Gasteiger partial charge in [0, 0.05) is 10.6 Å². The highest BCUT2D eigenvalue weighted by Gasteiger charge is 2.26. The molecule has 0 heterocycles. The van der Waals surface area contributed by atoms with Gasteiger partial charge in [0.05, 0.1) is 0 Å². The largest absolute Gasteiger partial charge is 0.288 e. The summed E-state index contributed by atoms with van der Waals surface area (Å²) in [6.45, 7) is 0. The number of hydrogen-bond acceptors (Lipinski definition) is 2. The zero-order chi connectivity index (χ0) is 12.6. The van der Waals surface area contributed by atoms with Crippen molar-refractivity contribution >= 4 is 51.9 Å². The molecule has 2 rings (SSSR count). The lowest BCUT2D eigenvalue weighted by Gasteiger charge is -2.11. The lowest BCUT2D eigenvalue weighted by atomic mass is 9.96. The Morgan fingerprint density at radius 1 is 0.824 bits per heavy atom. The van der Waals surface area contributed by atoms with Crippen LogP contribution in [0.3, 0.4) is 0 Å². The fourth-order valence-corrected chi connectivity index (χ4v) is 1.89. The van der Waals surface area contributed by atoms with E-state index < -0.39 is 11.6 Å². The summed E-state index contributed by atoms with van der Waals surface area (Å²) in [6.07, 6.45) is 1.18. The highest BCUT2D eigenvalue weighted by molar-refractivity contribution is 6.62. The molecule has 1 aliphatic carbocycles. The fourth-order valence-electron chi connectivity index (χ4n) is 1.43. The van der Waals surface area contributed by atoms with E-state index in [9.17, 15) is 9.59 Å². The van der Waals surface area contributed by atoms with Crippen molar-refractivity contribution in [3.63, 3.8) is 0 Å². The van der Waals surface area contributed by atoms with E-state index in [0.29, 0.717) is 10.6 Å². The van der Waals surface area contributed by atoms with E-state index >= 15 is 0 Å². The van der Waals surface area contributed by atoms with Gasteiger partial charge in [-0.15, -0.1) is 0 Å². The second-order valence-electron chi connectivity index (χ2n) is 3.39. The molecule has 0 radical (unpaired) electrons. The minimum absolute atomic E-state index is 0.223. The second-order valence-corrected chi connectivity index (χ2v) is 4.58. The molecule has 0 saturated carbocycles. The Morgan fingerprint density at radius 2 is 1.41 bits per heavy atom. The van der Waals surface area contributed by atoms with Gasteiger partial charge in [-0.1, -0.05) is 46.9 Å². The first-order valence-corrected chi connectivity index (χ1v) is 5.76. The van der Waals surface area contributed by atoms with Gasteiger partial charge in [-0.2, -0.15) is 0 Å². The monoisotopic (exact) mass is 286 g/mol. The molecule has 1 aromatic rings. The Hall–Kier alpha value is -1.09. The van der Waals surface area contributed by atoms with Gasteiger partial charge in [0.15, 0.2) is 5.78 Å². The molecule has 0 spiro atoms. The molecule has 5 heteroatoms. The molecule has 17 heavy (non-hydrogen) atoms. The summed E-state index contributed by atoms with van der Waals surface area (Å²) < 4.78 is 0. The van der Waals surface area contributed by atoms with Crippen LogP contribution in [0.4, 0.5) is 0 Å². The molecule has 86 valence electrons. The van der Waals surface area contributed by atoms with Crippen LogP contribution in [0.2, 0.25) is 5.02 Å². The highest BCUT2D eigenvalue weighted by Crippen LogP contribution is 2.30. The number of carbonyl (C=O) groups is 2. The quantitative estimate of drug-likeness (QED) is 0.740. The number of ketones is 2. The molecule has 0 saturated heterocycles. The molecule has 0 amide bonds. The number of halogens is 3. The number of carbonyl (C=O) groups excluding carboxylic acids is 2. The molecular formula is C12H5Cl3O2. The number of Topliss-reactive ketones (excluding diaryl/α,β-unsaturated/α-hetero) is 1. The summed E-state index contributed by atoms with van der Waals surface area (Å²) in [5, 5.41) is 0.0575. The van der Waals surface area contributed by atoms with Crippen molar-refractivity contribution < 1.29 is 9.59 Å². The van der Waals surface area contributed by atoms with Crippen LogP contribution in [0, 0.1) is 0 Å². The first kappa shape index (κ1) is 12.4. The smallest absolute Gasteiger partial charge is 0.206 e. The number of rotatable bonds is 1. The first-order chi connectivity index (χ1) is 8.00. The first-order valence-electron chi connectivity index (χ1n) is 4.62. The Bertz CT molecular complexity index is 568. The zero-order valence-corrected chi connectivity index (χ0v) is 10.6. The normalized spacial score (nSPS) is 16.3.